The minimum absolute atomic E-state index is 0. The smallest absolute Gasteiger partial charge is 0.0933 e. The monoisotopic (exact) mass is 224 g/mol. The van der Waals surface area contributed by atoms with Gasteiger partial charge in [-0.2, -0.15) is 0 Å². The van der Waals surface area contributed by atoms with Crippen LogP contribution in [-0.4, -0.2) is 6.66 Å². The van der Waals surface area contributed by atoms with E-state index in [0.29, 0.717) is 0 Å². The first kappa shape index (κ1) is 22.5. The van der Waals surface area contributed by atoms with Crippen molar-refractivity contribution in [2.75, 3.05) is 6.66 Å². The summed E-state index contributed by atoms with van der Waals surface area (Å²) < 4.78 is 9.88. The van der Waals surface area contributed by atoms with Crippen LogP contribution in [0.4, 0.5) is 0 Å². The van der Waals surface area contributed by atoms with E-state index in [1.54, 1.807) is 6.66 Å². The molecule has 1 atom stereocenters. The van der Waals surface area contributed by atoms with Gasteiger partial charge in [-0.15, -0.1) is 0 Å². The van der Waals surface area contributed by atoms with Gasteiger partial charge in [0.1, 0.15) is 0 Å². The Bertz CT molecular complexity index is 64.1. The topological polar surface area (TPSA) is 17.1 Å². The van der Waals surface area contributed by atoms with Crippen molar-refractivity contribution in [2.24, 2.45) is 0 Å². The van der Waals surface area contributed by atoms with E-state index in [4.69, 9.17) is 0 Å². The molecule has 0 spiro atoms. The maximum Gasteiger partial charge on any atom is 0.0933 e. The summed E-state index contributed by atoms with van der Waals surface area (Å²) >= 11 is 0. The van der Waals surface area contributed by atoms with Gasteiger partial charge in [-0.05, 0) is 12.5 Å². The minimum Gasteiger partial charge on any atom is -0.358 e. The Morgan fingerprint density at radius 3 is 1.56 bits per heavy atom. The van der Waals surface area contributed by atoms with E-state index in [1.807, 2.05) is 13.8 Å². The summed E-state index contributed by atoms with van der Waals surface area (Å²) in [6.07, 6.45) is 0. The Hall–Kier alpha value is 1.07. The van der Waals surface area contributed by atoms with Crippen molar-refractivity contribution < 1.29 is 37.3 Å². The SMILES string of the molecule is C=C[PH](C)=O.CC.[CH3-].[Y]. The molecule has 55 valence electrons. The first-order chi connectivity index (χ1) is 3.27. The molecule has 1 unspecified atom stereocenters. The molecule has 0 aliphatic carbocycles. The summed E-state index contributed by atoms with van der Waals surface area (Å²) in [4.78, 5) is 0. The summed E-state index contributed by atoms with van der Waals surface area (Å²) in [5.41, 5.74) is 0. The van der Waals surface area contributed by atoms with Gasteiger partial charge in [0, 0.05) is 32.7 Å². The standard InChI is InChI=1S/C3H7OP.C2H6.CH3.Y/c1-3-5(2)4;1-2;;/h3,5H,1H2,2H3;1-2H3;1H3;/q;;-1;. The maximum atomic E-state index is 9.88. The molecule has 0 aromatic carbocycles. The zero-order chi connectivity index (χ0) is 6.28. The molecule has 0 aliphatic rings. The molecule has 3 heteroatoms. The molecule has 9 heavy (non-hydrogen) atoms. The Morgan fingerprint density at radius 2 is 1.56 bits per heavy atom. The molecule has 0 saturated heterocycles. The Kier molecular flexibility index (Phi) is 57.4. The van der Waals surface area contributed by atoms with Crippen molar-refractivity contribution in [3.8, 4) is 0 Å². The van der Waals surface area contributed by atoms with Crippen molar-refractivity contribution in [3.63, 3.8) is 0 Å². The first-order valence-electron chi connectivity index (χ1n) is 2.40. The fraction of sp³-hybridized carbons (Fsp3) is 0.500. The zero-order valence-corrected chi connectivity index (χ0v) is 10.6. The van der Waals surface area contributed by atoms with Crippen molar-refractivity contribution in [2.45, 2.75) is 13.8 Å². The number of hydrogen-bond donors (Lipinski definition) is 0. The summed E-state index contributed by atoms with van der Waals surface area (Å²) in [5, 5.41) is 0. The second kappa shape index (κ2) is 23.0. The molecule has 1 radical (unpaired) electrons. The van der Waals surface area contributed by atoms with Crippen molar-refractivity contribution in [1.29, 1.82) is 0 Å². The van der Waals surface area contributed by atoms with E-state index in [2.05, 4.69) is 6.58 Å². The van der Waals surface area contributed by atoms with Gasteiger partial charge in [0.05, 0.1) is 7.80 Å². The summed E-state index contributed by atoms with van der Waals surface area (Å²) in [5.74, 6) is 1.46. The van der Waals surface area contributed by atoms with Crippen LogP contribution in [0.2, 0.25) is 0 Å². The van der Waals surface area contributed by atoms with Gasteiger partial charge in [-0.25, -0.2) is 0 Å². The first-order valence-corrected chi connectivity index (χ1v) is 4.39. The molecule has 0 rings (SSSR count). The third-order valence-corrected chi connectivity index (χ3v) is 0.862. The molecule has 0 aromatic heterocycles. The van der Waals surface area contributed by atoms with Crippen LogP contribution in [0.15, 0.2) is 12.4 Å². The molecule has 0 fully saturated rings. The molecule has 0 saturated carbocycles. The van der Waals surface area contributed by atoms with Gasteiger partial charge >= 0.3 is 0 Å². The zero-order valence-electron chi connectivity index (χ0n) is 6.77. The summed E-state index contributed by atoms with van der Waals surface area (Å²) in [6, 6.07) is 0. The molecule has 0 heterocycles. The van der Waals surface area contributed by atoms with Gasteiger partial charge in [0.2, 0.25) is 0 Å². The van der Waals surface area contributed by atoms with Crippen LogP contribution in [0.5, 0.6) is 0 Å². The minimum atomic E-state index is -1.36. The largest absolute Gasteiger partial charge is 0.358 e. The van der Waals surface area contributed by atoms with Crippen LogP contribution in [0.25, 0.3) is 0 Å². The normalized spacial score (nSPS) is 8.33. The molecule has 0 N–H and O–H groups in total. The quantitative estimate of drug-likeness (QED) is 0.494. The molecule has 0 aliphatic heterocycles. The average molecular weight is 224 g/mol. The molecule has 1 nitrogen and oxygen atoms in total. The van der Waals surface area contributed by atoms with Crippen LogP contribution in [-0.2, 0) is 37.3 Å². The van der Waals surface area contributed by atoms with E-state index in [-0.39, 0.29) is 40.1 Å². The van der Waals surface area contributed by atoms with Crippen molar-refractivity contribution >= 4 is 7.80 Å². The Labute approximate surface area is 85.0 Å². The third-order valence-electron chi connectivity index (χ3n) is 0.287. The molecular formula is C6H16OPY-. The van der Waals surface area contributed by atoms with E-state index in [9.17, 15) is 4.57 Å². The van der Waals surface area contributed by atoms with Gasteiger partial charge in [0.25, 0.3) is 0 Å². The van der Waals surface area contributed by atoms with Crippen LogP contribution in [0, 0.1) is 7.43 Å². The molecular weight excluding hydrogens is 208 g/mol. The maximum absolute atomic E-state index is 9.88. The summed E-state index contributed by atoms with van der Waals surface area (Å²) in [7, 11) is -1.36. The third kappa shape index (κ3) is 48.1. The van der Waals surface area contributed by atoms with Crippen molar-refractivity contribution in [3.05, 3.63) is 19.8 Å². The van der Waals surface area contributed by atoms with E-state index in [1.165, 1.54) is 5.82 Å². The van der Waals surface area contributed by atoms with Gasteiger partial charge in [-0.1, -0.05) is 20.4 Å². The van der Waals surface area contributed by atoms with E-state index < -0.39 is 7.80 Å². The second-order valence-corrected chi connectivity index (χ2v) is 2.44. The van der Waals surface area contributed by atoms with Crippen LogP contribution < -0.4 is 0 Å². The van der Waals surface area contributed by atoms with Gasteiger partial charge in [-0.3, -0.25) is 0 Å². The second-order valence-electron chi connectivity index (χ2n) is 0.815. The molecule has 0 aromatic rings. The summed E-state index contributed by atoms with van der Waals surface area (Å²) in [6.45, 7) is 8.94. The fourth-order valence-corrected chi connectivity index (χ4v) is 0. The van der Waals surface area contributed by atoms with Gasteiger partial charge in [0.15, 0.2) is 0 Å². The number of rotatable bonds is 1. The van der Waals surface area contributed by atoms with Crippen molar-refractivity contribution in [1.82, 2.24) is 0 Å². The predicted molar refractivity (Wildman–Crippen MR) is 42.9 cm³/mol. The number of hydrogen-bond acceptors (Lipinski definition) is 1. The molecule has 0 amide bonds. The van der Waals surface area contributed by atoms with E-state index in [0.717, 1.165) is 0 Å². The molecule has 0 bridgehead atoms. The van der Waals surface area contributed by atoms with E-state index >= 15 is 0 Å². The van der Waals surface area contributed by atoms with Gasteiger partial charge < -0.3 is 12.0 Å². The average Bonchev–Trinajstić information content (AvgIpc) is 1.73. The fourth-order valence-electron chi connectivity index (χ4n) is 0. The van der Waals surface area contributed by atoms with Crippen LogP contribution >= 0.6 is 7.80 Å². The Balaban J connectivity index is -0.0000000286. The van der Waals surface area contributed by atoms with Crippen LogP contribution in [0.1, 0.15) is 13.8 Å². The Morgan fingerprint density at radius 1 is 1.44 bits per heavy atom. The van der Waals surface area contributed by atoms with Crippen LogP contribution in [0.3, 0.4) is 0 Å². The predicted octanol–water partition coefficient (Wildman–Crippen LogP) is 2.79.